The molecule has 1 aliphatic heterocycles. The molecule has 4 nitrogen and oxygen atoms in total. The Labute approximate surface area is 126 Å². The molecule has 0 spiro atoms. The summed E-state index contributed by atoms with van der Waals surface area (Å²) in [5.41, 5.74) is 1.70. The van der Waals surface area contributed by atoms with Crippen LogP contribution in [0.2, 0.25) is 4.34 Å². The van der Waals surface area contributed by atoms with E-state index >= 15 is 0 Å². The summed E-state index contributed by atoms with van der Waals surface area (Å²) in [4.78, 5) is 0. The van der Waals surface area contributed by atoms with Gasteiger partial charge in [-0.05, 0) is 42.3 Å². The van der Waals surface area contributed by atoms with Crippen LogP contribution in [-0.2, 0) is 16.4 Å². The van der Waals surface area contributed by atoms with Gasteiger partial charge in [0.2, 0.25) is 0 Å². The molecule has 0 saturated carbocycles. The second-order valence-corrected chi connectivity index (χ2v) is 8.18. The Morgan fingerprint density at radius 1 is 1.30 bits per heavy atom. The maximum atomic E-state index is 12.6. The highest BCUT2D eigenvalue weighted by molar-refractivity contribution is 7.94. The molecule has 7 heteroatoms. The number of hydrogen-bond donors (Lipinski definition) is 0. The van der Waals surface area contributed by atoms with E-state index in [0.29, 0.717) is 17.3 Å². The molecule has 20 heavy (non-hydrogen) atoms. The molecule has 0 bridgehead atoms. The van der Waals surface area contributed by atoms with Gasteiger partial charge in [-0.2, -0.15) is 0 Å². The van der Waals surface area contributed by atoms with Gasteiger partial charge >= 0.3 is 0 Å². The van der Waals surface area contributed by atoms with Crippen LogP contribution in [0.15, 0.2) is 34.5 Å². The summed E-state index contributed by atoms with van der Waals surface area (Å²) in [6.07, 6.45) is 0.685. The van der Waals surface area contributed by atoms with Crippen molar-refractivity contribution in [2.24, 2.45) is 0 Å². The smallest absolute Gasteiger partial charge is 0.273 e. The quantitative estimate of drug-likeness (QED) is 0.869. The van der Waals surface area contributed by atoms with Gasteiger partial charge in [0.1, 0.15) is 9.96 Å². The molecule has 2 aromatic rings. The van der Waals surface area contributed by atoms with Gasteiger partial charge < -0.3 is 4.74 Å². The van der Waals surface area contributed by atoms with Crippen LogP contribution in [0.4, 0.5) is 5.69 Å². The minimum atomic E-state index is -3.52. The number of hydrogen-bond acceptors (Lipinski definition) is 4. The molecule has 0 amide bonds. The molecule has 0 atom stereocenters. The number of nitrogens with zero attached hydrogens (tertiary/aromatic N) is 1. The molecule has 0 N–H and O–H groups in total. The minimum absolute atomic E-state index is 0.270. The maximum Gasteiger partial charge on any atom is 0.273 e. The molecule has 0 radical (unpaired) electrons. The van der Waals surface area contributed by atoms with Crippen molar-refractivity contribution in [3.63, 3.8) is 0 Å². The zero-order valence-corrected chi connectivity index (χ0v) is 13.1. The molecule has 3 rings (SSSR count). The number of methoxy groups -OCH3 is 1. The standard InChI is InChI=1S/C13H12ClNO3S2/c1-18-10-2-3-11-9(8-10)6-7-15(11)20(16,17)13-5-4-12(14)19-13/h2-5,8H,6-7H2,1H3. The van der Waals surface area contributed by atoms with E-state index in [1.807, 2.05) is 6.07 Å². The van der Waals surface area contributed by atoms with Crippen LogP contribution in [0.1, 0.15) is 5.56 Å². The lowest BCUT2D eigenvalue weighted by atomic mass is 10.1. The van der Waals surface area contributed by atoms with Gasteiger partial charge in [0.15, 0.2) is 0 Å². The van der Waals surface area contributed by atoms with Crippen molar-refractivity contribution >= 4 is 38.6 Å². The lowest BCUT2D eigenvalue weighted by Crippen LogP contribution is -2.28. The van der Waals surface area contributed by atoms with Gasteiger partial charge in [0.05, 0.1) is 17.1 Å². The number of halogens is 1. The molecular weight excluding hydrogens is 318 g/mol. The van der Waals surface area contributed by atoms with Crippen LogP contribution in [0.3, 0.4) is 0 Å². The van der Waals surface area contributed by atoms with Crippen molar-refractivity contribution < 1.29 is 13.2 Å². The summed E-state index contributed by atoms with van der Waals surface area (Å²) in [5.74, 6) is 0.738. The van der Waals surface area contributed by atoms with Gasteiger partial charge in [-0.25, -0.2) is 8.42 Å². The topological polar surface area (TPSA) is 46.6 Å². The van der Waals surface area contributed by atoms with Gasteiger partial charge in [-0.1, -0.05) is 11.6 Å². The Kier molecular flexibility index (Phi) is 3.40. The molecule has 2 heterocycles. The highest BCUT2D eigenvalue weighted by atomic mass is 35.5. The third kappa shape index (κ3) is 2.17. The van der Waals surface area contributed by atoms with Gasteiger partial charge in [-0.15, -0.1) is 11.3 Å². The Hall–Kier alpha value is -1.24. The maximum absolute atomic E-state index is 12.6. The Bertz CT molecular complexity index is 755. The Morgan fingerprint density at radius 2 is 2.10 bits per heavy atom. The van der Waals surface area contributed by atoms with Gasteiger partial charge in [0, 0.05) is 6.54 Å². The third-order valence-electron chi connectivity index (χ3n) is 3.23. The molecule has 0 unspecified atom stereocenters. The van der Waals surface area contributed by atoms with Crippen LogP contribution in [-0.4, -0.2) is 22.1 Å². The predicted molar refractivity (Wildman–Crippen MR) is 80.6 cm³/mol. The second-order valence-electron chi connectivity index (χ2n) is 4.38. The van der Waals surface area contributed by atoms with Crippen LogP contribution >= 0.6 is 22.9 Å². The summed E-state index contributed by atoms with van der Waals surface area (Å²) in [6.45, 7) is 0.445. The van der Waals surface area contributed by atoms with E-state index < -0.39 is 10.0 Å². The van der Waals surface area contributed by atoms with Gasteiger partial charge in [-0.3, -0.25) is 4.31 Å². The predicted octanol–water partition coefficient (Wildman–Crippen LogP) is 3.16. The number of sulfonamides is 1. The number of anilines is 1. The largest absolute Gasteiger partial charge is 0.497 e. The number of fused-ring (bicyclic) bond motifs is 1. The summed E-state index contributed by atoms with van der Waals surface area (Å²) in [7, 11) is -1.93. The van der Waals surface area contributed by atoms with Crippen molar-refractivity contribution in [2.75, 3.05) is 18.0 Å². The van der Waals surface area contributed by atoms with E-state index in [-0.39, 0.29) is 4.21 Å². The first kappa shape index (κ1) is 13.7. The van der Waals surface area contributed by atoms with Gasteiger partial charge in [0.25, 0.3) is 10.0 Å². The van der Waals surface area contributed by atoms with Crippen molar-refractivity contribution in [3.8, 4) is 5.75 Å². The molecular formula is C13H12ClNO3S2. The Morgan fingerprint density at radius 3 is 2.75 bits per heavy atom. The van der Waals surface area contributed by atoms with E-state index in [0.717, 1.165) is 28.3 Å². The van der Waals surface area contributed by atoms with Crippen molar-refractivity contribution in [1.82, 2.24) is 0 Å². The highest BCUT2D eigenvalue weighted by Gasteiger charge is 2.32. The van der Waals surface area contributed by atoms with E-state index in [1.165, 1.54) is 4.31 Å². The third-order valence-corrected chi connectivity index (χ3v) is 6.74. The van der Waals surface area contributed by atoms with E-state index in [1.54, 1.807) is 31.4 Å². The molecule has 1 aromatic carbocycles. The number of benzene rings is 1. The zero-order valence-electron chi connectivity index (χ0n) is 10.7. The minimum Gasteiger partial charge on any atom is -0.497 e. The molecule has 0 aliphatic carbocycles. The fourth-order valence-electron chi connectivity index (χ4n) is 2.27. The van der Waals surface area contributed by atoms with E-state index in [4.69, 9.17) is 16.3 Å². The molecule has 106 valence electrons. The number of thiophene rings is 1. The van der Waals surface area contributed by atoms with Crippen molar-refractivity contribution in [2.45, 2.75) is 10.6 Å². The van der Waals surface area contributed by atoms with Crippen LogP contribution in [0, 0.1) is 0 Å². The molecule has 0 fully saturated rings. The molecule has 0 saturated heterocycles. The zero-order chi connectivity index (χ0) is 14.3. The average Bonchev–Trinajstić information content (AvgIpc) is 3.04. The fourth-order valence-corrected chi connectivity index (χ4v) is 5.37. The lowest BCUT2D eigenvalue weighted by molar-refractivity contribution is 0.414. The molecule has 1 aliphatic rings. The highest BCUT2D eigenvalue weighted by Crippen LogP contribution is 2.37. The fraction of sp³-hybridized carbons (Fsp3) is 0.231. The summed E-state index contributed by atoms with van der Waals surface area (Å²) in [5, 5.41) is 0. The molecule has 1 aromatic heterocycles. The first-order valence-electron chi connectivity index (χ1n) is 5.97. The Balaban J connectivity index is 2.02. The lowest BCUT2D eigenvalue weighted by Gasteiger charge is -2.18. The second kappa shape index (κ2) is 4.95. The number of ether oxygens (including phenoxy) is 1. The van der Waals surface area contributed by atoms with Crippen molar-refractivity contribution in [3.05, 3.63) is 40.2 Å². The normalized spacial score (nSPS) is 14.4. The summed E-state index contributed by atoms with van der Waals surface area (Å²) < 4.78 is 32.6. The number of rotatable bonds is 3. The van der Waals surface area contributed by atoms with Crippen LogP contribution < -0.4 is 9.04 Å². The first-order chi connectivity index (χ1) is 9.52. The summed E-state index contributed by atoms with van der Waals surface area (Å²) in [6, 6.07) is 8.59. The van der Waals surface area contributed by atoms with Crippen LogP contribution in [0.5, 0.6) is 5.75 Å². The monoisotopic (exact) mass is 329 g/mol. The average molecular weight is 330 g/mol. The SMILES string of the molecule is COc1ccc2c(c1)CCN2S(=O)(=O)c1ccc(Cl)s1. The first-order valence-corrected chi connectivity index (χ1v) is 8.61. The van der Waals surface area contributed by atoms with Crippen molar-refractivity contribution in [1.29, 1.82) is 0 Å². The van der Waals surface area contributed by atoms with Crippen LogP contribution in [0.25, 0.3) is 0 Å². The summed E-state index contributed by atoms with van der Waals surface area (Å²) >= 11 is 6.91. The van der Waals surface area contributed by atoms with E-state index in [9.17, 15) is 8.42 Å². The van der Waals surface area contributed by atoms with E-state index in [2.05, 4.69) is 0 Å².